The van der Waals surface area contributed by atoms with Gasteiger partial charge in [-0.1, -0.05) is 91.0 Å². The van der Waals surface area contributed by atoms with E-state index >= 15 is 0 Å². The molecule has 4 heteroatoms. The lowest BCUT2D eigenvalue weighted by molar-refractivity contribution is -0.137. The predicted octanol–water partition coefficient (Wildman–Crippen LogP) is 6.49. The van der Waals surface area contributed by atoms with Gasteiger partial charge in [0.2, 0.25) is 0 Å². The Bertz CT molecular complexity index is 742. The molecule has 0 fully saturated rings. The second kappa shape index (κ2) is 11.1. The molecule has 3 aromatic rings. The van der Waals surface area contributed by atoms with E-state index in [4.69, 9.17) is 5.11 Å². The van der Waals surface area contributed by atoms with Gasteiger partial charge >= 0.3 is 5.97 Å². The van der Waals surface area contributed by atoms with Crippen molar-refractivity contribution in [2.75, 3.05) is 6.16 Å². The molecule has 1 N–H and O–H groups in total. The van der Waals surface area contributed by atoms with Crippen LogP contribution in [0.5, 0.6) is 0 Å². The SMILES string of the molecule is Br.O=C(O)CCCCPC(c1ccccc1)(c1ccccc1)c1ccccc1. The fourth-order valence-corrected chi connectivity index (χ4v) is 5.46. The summed E-state index contributed by atoms with van der Waals surface area (Å²) in [7, 11) is 0.636. The molecule has 0 saturated heterocycles. The molecular weight excluding hydrogens is 431 g/mol. The van der Waals surface area contributed by atoms with Crippen LogP contribution in [0.3, 0.4) is 0 Å². The lowest BCUT2D eigenvalue weighted by Gasteiger charge is -2.36. The Kier molecular flexibility index (Phi) is 8.89. The maximum Gasteiger partial charge on any atom is 0.303 e. The summed E-state index contributed by atoms with van der Waals surface area (Å²) >= 11 is 0. The number of rotatable bonds is 9. The van der Waals surface area contributed by atoms with Crippen LogP contribution in [0.2, 0.25) is 0 Å². The number of hydrogen-bond acceptors (Lipinski definition) is 1. The van der Waals surface area contributed by atoms with Gasteiger partial charge in [0.25, 0.3) is 0 Å². The molecule has 0 aromatic heterocycles. The minimum atomic E-state index is -0.709. The number of carboxylic acid groups (broad SMARTS) is 1. The number of hydrogen-bond donors (Lipinski definition) is 1. The molecule has 0 heterocycles. The molecule has 0 aliphatic carbocycles. The Morgan fingerprint density at radius 2 is 1.11 bits per heavy atom. The number of aliphatic carboxylic acids is 1. The fourth-order valence-electron chi connectivity index (χ4n) is 3.55. The van der Waals surface area contributed by atoms with E-state index in [0.717, 1.165) is 19.0 Å². The van der Waals surface area contributed by atoms with Gasteiger partial charge in [-0.2, -0.15) is 0 Å². The minimum absolute atomic E-state index is 0. The van der Waals surface area contributed by atoms with Crippen LogP contribution in [0.15, 0.2) is 91.0 Å². The number of carbonyl (C=O) groups is 1. The number of halogens is 1. The van der Waals surface area contributed by atoms with E-state index in [1.54, 1.807) is 0 Å². The first-order chi connectivity index (χ1) is 13.2. The Morgan fingerprint density at radius 3 is 1.46 bits per heavy atom. The second-order valence-electron chi connectivity index (χ2n) is 6.63. The number of carboxylic acids is 1. The summed E-state index contributed by atoms with van der Waals surface area (Å²) in [5, 5.41) is 8.71. The molecular formula is C24H26BrO2P. The van der Waals surface area contributed by atoms with Crippen molar-refractivity contribution in [3.8, 4) is 0 Å². The maximum atomic E-state index is 10.8. The second-order valence-corrected chi connectivity index (χ2v) is 8.23. The molecule has 3 rings (SSSR count). The highest BCUT2D eigenvalue weighted by molar-refractivity contribution is 8.93. The van der Waals surface area contributed by atoms with Crippen LogP contribution in [0.25, 0.3) is 0 Å². The molecule has 3 aromatic carbocycles. The van der Waals surface area contributed by atoms with Gasteiger partial charge in [-0.05, 0) is 35.7 Å². The van der Waals surface area contributed by atoms with E-state index in [2.05, 4.69) is 91.0 Å². The van der Waals surface area contributed by atoms with Crippen LogP contribution in [-0.2, 0) is 9.95 Å². The normalized spacial score (nSPS) is 11.3. The third-order valence-electron chi connectivity index (χ3n) is 4.83. The van der Waals surface area contributed by atoms with Crippen LogP contribution < -0.4 is 0 Å². The van der Waals surface area contributed by atoms with Crippen molar-refractivity contribution in [3.05, 3.63) is 108 Å². The van der Waals surface area contributed by atoms with Gasteiger partial charge in [-0.15, -0.1) is 25.6 Å². The smallest absolute Gasteiger partial charge is 0.303 e. The Labute approximate surface area is 179 Å². The fraction of sp³-hybridized carbons (Fsp3) is 0.208. The Hall–Kier alpha value is -1.96. The summed E-state index contributed by atoms with van der Waals surface area (Å²) in [6, 6.07) is 32.1. The summed E-state index contributed by atoms with van der Waals surface area (Å²) in [4.78, 5) is 10.8. The predicted molar refractivity (Wildman–Crippen MR) is 124 cm³/mol. The quantitative estimate of drug-likeness (QED) is 0.227. The van der Waals surface area contributed by atoms with Gasteiger partial charge < -0.3 is 5.11 Å². The average molecular weight is 457 g/mol. The van der Waals surface area contributed by atoms with E-state index in [0.29, 0.717) is 8.58 Å². The summed E-state index contributed by atoms with van der Waals surface area (Å²) in [5.41, 5.74) is 3.87. The van der Waals surface area contributed by atoms with Crippen LogP contribution in [0.4, 0.5) is 0 Å². The zero-order valence-corrected chi connectivity index (χ0v) is 18.5. The average Bonchev–Trinajstić information content (AvgIpc) is 2.73. The van der Waals surface area contributed by atoms with Gasteiger partial charge in [0, 0.05) is 6.42 Å². The van der Waals surface area contributed by atoms with Crippen molar-refractivity contribution >= 4 is 31.5 Å². The van der Waals surface area contributed by atoms with Crippen molar-refractivity contribution in [1.29, 1.82) is 0 Å². The van der Waals surface area contributed by atoms with Gasteiger partial charge in [-0.25, -0.2) is 0 Å². The highest BCUT2D eigenvalue weighted by Crippen LogP contribution is 2.52. The van der Waals surface area contributed by atoms with E-state index in [1.165, 1.54) is 16.7 Å². The summed E-state index contributed by atoms with van der Waals surface area (Å²) in [6.07, 6.45) is 2.92. The molecule has 0 radical (unpaired) electrons. The van der Waals surface area contributed by atoms with Crippen molar-refractivity contribution in [2.24, 2.45) is 0 Å². The molecule has 2 nitrogen and oxygen atoms in total. The zero-order chi connectivity index (χ0) is 19.0. The van der Waals surface area contributed by atoms with Crippen LogP contribution >= 0.6 is 25.6 Å². The van der Waals surface area contributed by atoms with Gasteiger partial charge in [0.05, 0.1) is 5.16 Å². The van der Waals surface area contributed by atoms with E-state index in [1.807, 2.05) is 0 Å². The number of benzene rings is 3. The van der Waals surface area contributed by atoms with Crippen molar-refractivity contribution in [2.45, 2.75) is 24.4 Å². The largest absolute Gasteiger partial charge is 0.481 e. The third-order valence-corrected chi connectivity index (χ3v) is 6.83. The Balaban J connectivity index is 0.00000280. The molecule has 1 atom stereocenters. The monoisotopic (exact) mass is 456 g/mol. The van der Waals surface area contributed by atoms with Crippen LogP contribution in [0.1, 0.15) is 36.0 Å². The van der Waals surface area contributed by atoms with E-state index in [-0.39, 0.29) is 28.6 Å². The number of unbranched alkanes of at least 4 members (excludes halogenated alkanes) is 1. The molecule has 0 aliphatic rings. The van der Waals surface area contributed by atoms with Crippen molar-refractivity contribution in [3.63, 3.8) is 0 Å². The molecule has 28 heavy (non-hydrogen) atoms. The van der Waals surface area contributed by atoms with Crippen molar-refractivity contribution < 1.29 is 9.90 Å². The van der Waals surface area contributed by atoms with E-state index < -0.39 is 5.97 Å². The standard InChI is InChI=1S/C24H25O2P.BrH/c25-23(26)18-10-11-19-27-24(20-12-4-1-5-13-20,21-14-6-2-7-15-21)22-16-8-3-9-17-22;/h1-9,12-17,27H,10-11,18-19H2,(H,25,26);1H. The third kappa shape index (κ3) is 5.31. The first kappa shape index (κ1) is 22.3. The molecule has 1 unspecified atom stereocenters. The van der Waals surface area contributed by atoms with E-state index in [9.17, 15) is 4.79 Å². The maximum absolute atomic E-state index is 10.8. The minimum Gasteiger partial charge on any atom is -0.481 e. The molecule has 0 amide bonds. The highest BCUT2D eigenvalue weighted by Gasteiger charge is 2.35. The van der Waals surface area contributed by atoms with Crippen LogP contribution in [-0.4, -0.2) is 17.2 Å². The summed E-state index contributed by atoms with van der Waals surface area (Å²) in [5.74, 6) is -0.709. The van der Waals surface area contributed by atoms with Crippen LogP contribution in [0, 0.1) is 0 Å². The zero-order valence-electron chi connectivity index (χ0n) is 15.8. The highest BCUT2D eigenvalue weighted by atomic mass is 79.9. The van der Waals surface area contributed by atoms with Gasteiger partial charge in [-0.3, -0.25) is 4.79 Å². The summed E-state index contributed by atoms with van der Waals surface area (Å²) < 4.78 is 0. The molecule has 0 saturated carbocycles. The first-order valence-electron chi connectivity index (χ1n) is 9.37. The molecule has 0 aliphatic heterocycles. The Morgan fingerprint density at radius 1 is 0.714 bits per heavy atom. The van der Waals surface area contributed by atoms with Crippen molar-refractivity contribution in [1.82, 2.24) is 0 Å². The summed E-state index contributed by atoms with van der Waals surface area (Å²) in [6.45, 7) is 0. The van der Waals surface area contributed by atoms with Gasteiger partial charge in [0.1, 0.15) is 0 Å². The lowest BCUT2D eigenvalue weighted by atomic mass is 9.84. The lowest BCUT2D eigenvalue weighted by Crippen LogP contribution is -2.24. The molecule has 146 valence electrons. The molecule has 0 spiro atoms. The van der Waals surface area contributed by atoms with Gasteiger partial charge in [0.15, 0.2) is 0 Å². The first-order valence-corrected chi connectivity index (χ1v) is 10.6. The topological polar surface area (TPSA) is 37.3 Å². The molecule has 0 bridgehead atoms.